The molecule has 0 aliphatic heterocycles. The molecule has 18 heavy (non-hydrogen) atoms. The number of nitrogens with zero attached hydrogens (tertiary/aromatic N) is 2. The molecule has 0 aliphatic carbocycles. The molecule has 0 bridgehead atoms. The lowest BCUT2D eigenvalue weighted by molar-refractivity contribution is 0.635. The zero-order valence-corrected chi connectivity index (χ0v) is 11.7. The number of nitrogens with one attached hydrogen (secondary N) is 1. The minimum absolute atomic E-state index is 0.190. The maximum atomic E-state index is 11.9. The van der Waals surface area contributed by atoms with Crippen LogP contribution in [0.3, 0.4) is 0 Å². The number of halogens is 1. The molecule has 0 fully saturated rings. The summed E-state index contributed by atoms with van der Waals surface area (Å²) >= 11 is 6.04. The smallest absolute Gasteiger partial charge is 0.287 e. The van der Waals surface area contributed by atoms with Crippen molar-refractivity contribution in [3.8, 4) is 0 Å². The quantitative estimate of drug-likeness (QED) is 0.774. The van der Waals surface area contributed by atoms with Gasteiger partial charge in [-0.3, -0.25) is 4.79 Å². The van der Waals surface area contributed by atoms with Gasteiger partial charge in [-0.1, -0.05) is 37.4 Å². The first-order chi connectivity index (χ1) is 8.60. The van der Waals surface area contributed by atoms with E-state index in [9.17, 15) is 4.79 Å². The summed E-state index contributed by atoms with van der Waals surface area (Å²) in [6, 6.07) is 0.277. The Labute approximate surface area is 113 Å². The van der Waals surface area contributed by atoms with Gasteiger partial charge in [0, 0.05) is 6.04 Å². The van der Waals surface area contributed by atoms with Crippen molar-refractivity contribution < 1.29 is 0 Å². The second-order valence-corrected chi connectivity index (χ2v) is 4.71. The van der Waals surface area contributed by atoms with E-state index in [0.717, 1.165) is 19.3 Å². The van der Waals surface area contributed by atoms with Crippen LogP contribution in [0.4, 0.5) is 5.69 Å². The Morgan fingerprint density at radius 3 is 3.00 bits per heavy atom. The normalized spacial score (nSPS) is 12.2. The number of rotatable bonds is 7. The molecule has 1 N–H and O–H groups in total. The van der Waals surface area contributed by atoms with Crippen LogP contribution in [0.5, 0.6) is 0 Å². The van der Waals surface area contributed by atoms with E-state index in [0.29, 0.717) is 12.2 Å². The van der Waals surface area contributed by atoms with Gasteiger partial charge in [-0.15, -0.1) is 6.58 Å². The van der Waals surface area contributed by atoms with Crippen molar-refractivity contribution in [3.05, 3.63) is 34.2 Å². The lowest BCUT2D eigenvalue weighted by Crippen LogP contribution is -2.25. The van der Waals surface area contributed by atoms with Crippen LogP contribution >= 0.6 is 11.6 Å². The molecule has 0 spiro atoms. The predicted octanol–water partition coefficient (Wildman–Crippen LogP) is 3.07. The molecule has 4 nitrogen and oxygen atoms in total. The summed E-state index contributed by atoms with van der Waals surface area (Å²) in [7, 11) is 0. The monoisotopic (exact) mass is 269 g/mol. The average Bonchev–Trinajstić information content (AvgIpc) is 2.36. The molecule has 0 radical (unpaired) electrons. The molecule has 5 heteroatoms. The number of aromatic nitrogens is 2. The van der Waals surface area contributed by atoms with Gasteiger partial charge in [-0.2, -0.15) is 5.10 Å². The summed E-state index contributed by atoms with van der Waals surface area (Å²) in [6.45, 7) is 8.16. The maximum Gasteiger partial charge on any atom is 0.287 e. The van der Waals surface area contributed by atoms with E-state index in [1.807, 2.05) is 0 Å². The average molecular weight is 270 g/mol. The minimum atomic E-state index is -0.288. The van der Waals surface area contributed by atoms with Crippen molar-refractivity contribution in [3.63, 3.8) is 0 Å². The molecule has 1 unspecified atom stereocenters. The summed E-state index contributed by atoms with van der Waals surface area (Å²) < 4.78 is 1.29. The molecule has 100 valence electrons. The second kappa shape index (κ2) is 7.21. The summed E-state index contributed by atoms with van der Waals surface area (Å²) in [4.78, 5) is 11.9. The van der Waals surface area contributed by atoms with Crippen LogP contribution < -0.4 is 10.9 Å². The van der Waals surface area contributed by atoms with Gasteiger partial charge in [0.2, 0.25) is 0 Å². The van der Waals surface area contributed by atoms with Crippen LogP contribution in [-0.4, -0.2) is 15.8 Å². The standard InChI is InChI=1S/C13H20ClN3O/c1-4-6-7-10(3)16-11-9-15-17(8-5-2)13(18)12(11)14/h5,9-10,16H,2,4,6-8H2,1,3H3. The Hall–Kier alpha value is -1.29. The molecular weight excluding hydrogens is 250 g/mol. The van der Waals surface area contributed by atoms with Crippen LogP contribution in [-0.2, 0) is 6.54 Å². The molecule has 1 aromatic rings. The van der Waals surface area contributed by atoms with Gasteiger partial charge in [-0.25, -0.2) is 4.68 Å². The molecule has 1 atom stereocenters. The minimum Gasteiger partial charge on any atom is -0.380 e. The van der Waals surface area contributed by atoms with Crippen LogP contribution in [0.15, 0.2) is 23.6 Å². The summed E-state index contributed by atoms with van der Waals surface area (Å²) in [5.41, 5.74) is 0.315. The number of unbranched alkanes of at least 4 members (excludes halogenated alkanes) is 1. The number of hydrogen-bond donors (Lipinski definition) is 1. The SMILES string of the molecule is C=CCn1ncc(NC(C)CCCC)c(Cl)c1=O. The summed E-state index contributed by atoms with van der Waals surface area (Å²) in [5.74, 6) is 0. The molecule has 1 rings (SSSR count). The topological polar surface area (TPSA) is 46.9 Å². The highest BCUT2D eigenvalue weighted by molar-refractivity contribution is 6.32. The fraction of sp³-hybridized carbons (Fsp3) is 0.538. The second-order valence-electron chi connectivity index (χ2n) is 4.34. The van der Waals surface area contributed by atoms with Crippen molar-refractivity contribution in [2.75, 3.05) is 5.32 Å². The predicted molar refractivity (Wildman–Crippen MR) is 76.3 cm³/mol. The first-order valence-corrected chi connectivity index (χ1v) is 6.61. The molecule has 0 saturated carbocycles. The van der Waals surface area contributed by atoms with E-state index in [4.69, 9.17) is 11.6 Å². The van der Waals surface area contributed by atoms with Gasteiger partial charge in [-0.05, 0) is 13.3 Å². The Bertz CT molecular complexity index is 456. The zero-order chi connectivity index (χ0) is 13.5. The van der Waals surface area contributed by atoms with Gasteiger partial charge in [0.1, 0.15) is 5.02 Å². The van der Waals surface area contributed by atoms with E-state index >= 15 is 0 Å². The highest BCUT2D eigenvalue weighted by Crippen LogP contribution is 2.17. The van der Waals surface area contributed by atoms with Gasteiger partial charge in [0.15, 0.2) is 0 Å². The van der Waals surface area contributed by atoms with Crippen LogP contribution in [0, 0.1) is 0 Å². The van der Waals surface area contributed by atoms with E-state index < -0.39 is 0 Å². The third kappa shape index (κ3) is 3.88. The molecule has 1 aromatic heterocycles. The Morgan fingerprint density at radius 1 is 1.67 bits per heavy atom. The molecule has 0 aliphatic rings. The van der Waals surface area contributed by atoms with Gasteiger partial charge < -0.3 is 5.32 Å². The molecule has 1 heterocycles. The highest BCUT2D eigenvalue weighted by atomic mass is 35.5. The third-order valence-electron chi connectivity index (χ3n) is 2.68. The van der Waals surface area contributed by atoms with E-state index in [1.54, 1.807) is 12.3 Å². The van der Waals surface area contributed by atoms with E-state index in [2.05, 4.69) is 30.8 Å². The lowest BCUT2D eigenvalue weighted by Gasteiger charge is -2.15. The van der Waals surface area contributed by atoms with Crippen molar-refractivity contribution >= 4 is 17.3 Å². The first-order valence-electron chi connectivity index (χ1n) is 6.23. The third-order valence-corrected chi connectivity index (χ3v) is 3.04. The Balaban J connectivity index is 2.82. The lowest BCUT2D eigenvalue weighted by atomic mass is 10.1. The van der Waals surface area contributed by atoms with E-state index in [-0.39, 0.29) is 16.6 Å². The van der Waals surface area contributed by atoms with Crippen LogP contribution in [0.25, 0.3) is 0 Å². The Morgan fingerprint density at radius 2 is 2.39 bits per heavy atom. The molecule has 0 amide bonds. The molecule has 0 aromatic carbocycles. The zero-order valence-electron chi connectivity index (χ0n) is 10.9. The summed E-state index contributed by atoms with van der Waals surface area (Å²) in [5, 5.41) is 7.46. The van der Waals surface area contributed by atoms with Gasteiger partial charge in [0.25, 0.3) is 5.56 Å². The van der Waals surface area contributed by atoms with Crippen LogP contribution in [0.2, 0.25) is 5.02 Å². The van der Waals surface area contributed by atoms with Crippen molar-refractivity contribution in [1.82, 2.24) is 9.78 Å². The number of hydrogen-bond acceptors (Lipinski definition) is 3. The fourth-order valence-corrected chi connectivity index (χ4v) is 1.87. The van der Waals surface area contributed by atoms with Gasteiger partial charge >= 0.3 is 0 Å². The highest BCUT2D eigenvalue weighted by Gasteiger charge is 2.10. The van der Waals surface area contributed by atoms with Crippen molar-refractivity contribution in [2.24, 2.45) is 0 Å². The van der Waals surface area contributed by atoms with Gasteiger partial charge in [0.05, 0.1) is 18.4 Å². The first kappa shape index (κ1) is 14.8. The molecule has 0 saturated heterocycles. The Kier molecular flexibility index (Phi) is 5.92. The van der Waals surface area contributed by atoms with Crippen molar-refractivity contribution in [2.45, 2.75) is 45.7 Å². The maximum absolute atomic E-state index is 11.9. The largest absolute Gasteiger partial charge is 0.380 e. The number of allylic oxidation sites excluding steroid dienone is 1. The fourth-order valence-electron chi connectivity index (χ4n) is 1.67. The van der Waals surface area contributed by atoms with Crippen LogP contribution in [0.1, 0.15) is 33.1 Å². The molecular formula is C13H20ClN3O. The summed E-state index contributed by atoms with van der Waals surface area (Å²) in [6.07, 6.45) is 6.55. The van der Waals surface area contributed by atoms with E-state index in [1.165, 1.54) is 4.68 Å². The number of anilines is 1. The van der Waals surface area contributed by atoms with Crippen molar-refractivity contribution in [1.29, 1.82) is 0 Å².